The number of carbonyl (C=O) groups excluding carboxylic acids is 1. The third-order valence-corrected chi connectivity index (χ3v) is 4.36. The molecule has 1 amide bonds. The molecule has 0 heterocycles. The van der Waals surface area contributed by atoms with Gasteiger partial charge in [0.15, 0.2) is 0 Å². The molecule has 2 atom stereocenters. The van der Waals surface area contributed by atoms with Crippen LogP contribution in [0.1, 0.15) is 46.0 Å². The van der Waals surface area contributed by atoms with Gasteiger partial charge < -0.3 is 16.0 Å². The van der Waals surface area contributed by atoms with Gasteiger partial charge in [0.25, 0.3) is 0 Å². The lowest BCUT2D eigenvalue weighted by Crippen LogP contribution is -2.50. The molecule has 0 radical (unpaired) electrons. The van der Waals surface area contributed by atoms with Crippen LogP contribution in [0.4, 0.5) is 0 Å². The van der Waals surface area contributed by atoms with Crippen LogP contribution in [0.3, 0.4) is 0 Å². The van der Waals surface area contributed by atoms with Crippen LogP contribution in [-0.4, -0.2) is 43.5 Å². The van der Waals surface area contributed by atoms with Gasteiger partial charge in [-0.2, -0.15) is 0 Å². The molecule has 0 bridgehead atoms. The highest BCUT2D eigenvalue weighted by Crippen LogP contribution is 2.28. The second-order valence-corrected chi connectivity index (χ2v) is 6.44. The van der Waals surface area contributed by atoms with Crippen molar-refractivity contribution in [3.63, 3.8) is 0 Å². The molecule has 21 heavy (non-hydrogen) atoms. The maximum Gasteiger partial charge on any atom is 0.237 e. The van der Waals surface area contributed by atoms with Crippen molar-refractivity contribution < 1.29 is 4.79 Å². The molecule has 1 saturated carbocycles. The molecule has 1 unspecified atom stereocenters. The van der Waals surface area contributed by atoms with Crippen molar-refractivity contribution in [3.8, 4) is 0 Å². The van der Waals surface area contributed by atoms with E-state index in [1.165, 1.54) is 32.1 Å². The van der Waals surface area contributed by atoms with E-state index in [1.54, 1.807) is 0 Å². The lowest BCUT2D eigenvalue weighted by Gasteiger charge is -2.35. The summed E-state index contributed by atoms with van der Waals surface area (Å²) in [5.41, 5.74) is 5.88. The summed E-state index contributed by atoms with van der Waals surface area (Å²) in [4.78, 5) is 14.2. The van der Waals surface area contributed by atoms with E-state index in [2.05, 4.69) is 24.3 Å². The normalized spacial score (nSPS) is 18.6. The van der Waals surface area contributed by atoms with Crippen LogP contribution in [0, 0.1) is 11.8 Å². The maximum atomic E-state index is 11.9. The van der Waals surface area contributed by atoms with Gasteiger partial charge in [0.05, 0.1) is 6.04 Å². The van der Waals surface area contributed by atoms with Gasteiger partial charge in [-0.15, -0.1) is 24.8 Å². The van der Waals surface area contributed by atoms with E-state index in [0.29, 0.717) is 12.0 Å². The first-order chi connectivity index (χ1) is 8.93. The predicted molar refractivity (Wildman–Crippen MR) is 94.4 cm³/mol. The Kier molecular flexibility index (Phi) is 12.8. The van der Waals surface area contributed by atoms with E-state index in [0.717, 1.165) is 6.54 Å². The molecule has 0 aliphatic heterocycles. The molecule has 0 aromatic carbocycles. The van der Waals surface area contributed by atoms with Crippen LogP contribution in [-0.2, 0) is 4.79 Å². The number of nitrogens with zero attached hydrogens (tertiary/aromatic N) is 1. The number of carbonyl (C=O) groups is 1. The molecule has 1 fully saturated rings. The van der Waals surface area contributed by atoms with Crippen LogP contribution in [0.5, 0.6) is 0 Å². The summed E-state index contributed by atoms with van der Waals surface area (Å²) in [6.45, 7) is 4.68. The van der Waals surface area contributed by atoms with Gasteiger partial charge >= 0.3 is 0 Å². The zero-order chi connectivity index (χ0) is 14.4. The second kappa shape index (κ2) is 11.5. The van der Waals surface area contributed by atoms with E-state index in [-0.39, 0.29) is 36.6 Å². The molecular formula is C15H33Cl2N3O. The minimum absolute atomic E-state index is 0. The van der Waals surface area contributed by atoms with Crippen LogP contribution in [0.15, 0.2) is 0 Å². The van der Waals surface area contributed by atoms with Gasteiger partial charge in [0, 0.05) is 12.6 Å². The summed E-state index contributed by atoms with van der Waals surface area (Å²) in [5.74, 6) is 0.879. The van der Waals surface area contributed by atoms with Crippen molar-refractivity contribution in [2.24, 2.45) is 17.6 Å². The molecule has 0 aromatic heterocycles. The quantitative estimate of drug-likeness (QED) is 0.779. The summed E-state index contributed by atoms with van der Waals surface area (Å²) < 4.78 is 0. The van der Waals surface area contributed by atoms with Crippen molar-refractivity contribution in [1.82, 2.24) is 10.2 Å². The number of nitrogens with one attached hydrogen (secondary N) is 1. The van der Waals surface area contributed by atoms with E-state index in [4.69, 9.17) is 5.73 Å². The first-order valence-electron chi connectivity index (χ1n) is 7.63. The van der Waals surface area contributed by atoms with Crippen LogP contribution in [0.25, 0.3) is 0 Å². The number of hydrogen-bond acceptors (Lipinski definition) is 3. The van der Waals surface area contributed by atoms with Gasteiger partial charge in [-0.1, -0.05) is 33.1 Å². The van der Waals surface area contributed by atoms with E-state index in [1.807, 2.05) is 13.8 Å². The Hall–Kier alpha value is -0.0300. The van der Waals surface area contributed by atoms with Crippen LogP contribution in [0.2, 0.25) is 0 Å². The third-order valence-electron chi connectivity index (χ3n) is 4.36. The first kappa shape index (κ1) is 23.2. The molecule has 1 aliphatic carbocycles. The molecule has 1 aliphatic rings. The zero-order valence-corrected chi connectivity index (χ0v) is 15.4. The van der Waals surface area contributed by atoms with Crippen molar-refractivity contribution in [3.05, 3.63) is 0 Å². The standard InChI is InChI=1S/C15H31N3O.2ClH/c1-11(2)14(16)15(19)17-10-13(18(3)4)12-8-6-5-7-9-12;;/h11-14H,5-10,16H2,1-4H3,(H,17,19);2*1H/t13?,14-;;/m0../s1. The predicted octanol–water partition coefficient (Wildman–Crippen LogP) is 2.44. The minimum Gasteiger partial charge on any atom is -0.353 e. The lowest BCUT2D eigenvalue weighted by molar-refractivity contribution is -0.123. The lowest BCUT2D eigenvalue weighted by atomic mass is 9.83. The number of halogens is 2. The maximum absolute atomic E-state index is 11.9. The zero-order valence-electron chi connectivity index (χ0n) is 13.8. The van der Waals surface area contributed by atoms with Crippen LogP contribution < -0.4 is 11.1 Å². The molecule has 128 valence electrons. The van der Waals surface area contributed by atoms with Gasteiger partial charge in [-0.05, 0) is 38.8 Å². The fraction of sp³-hybridized carbons (Fsp3) is 0.933. The topological polar surface area (TPSA) is 58.4 Å². The molecule has 1 rings (SSSR count). The Morgan fingerprint density at radius 1 is 1.19 bits per heavy atom. The van der Waals surface area contributed by atoms with Gasteiger partial charge in [0.1, 0.15) is 0 Å². The number of rotatable bonds is 6. The highest BCUT2D eigenvalue weighted by molar-refractivity contribution is 5.85. The van der Waals surface area contributed by atoms with Gasteiger partial charge in [0.2, 0.25) is 5.91 Å². The fourth-order valence-corrected chi connectivity index (χ4v) is 2.92. The summed E-state index contributed by atoms with van der Waals surface area (Å²) >= 11 is 0. The number of nitrogens with two attached hydrogens (primary N) is 1. The van der Waals surface area contributed by atoms with Crippen molar-refractivity contribution in [2.75, 3.05) is 20.6 Å². The average Bonchev–Trinajstić information content (AvgIpc) is 2.38. The monoisotopic (exact) mass is 341 g/mol. The summed E-state index contributed by atoms with van der Waals surface area (Å²) in [6, 6.07) is 0.0396. The SMILES string of the molecule is CC(C)[C@H](N)C(=O)NCC(C1CCCCC1)N(C)C.Cl.Cl. The summed E-state index contributed by atoms with van der Waals surface area (Å²) in [7, 11) is 4.21. The number of amides is 1. The molecule has 4 nitrogen and oxygen atoms in total. The molecular weight excluding hydrogens is 309 g/mol. The minimum atomic E-state index is -0.394. The molecule has 3 N–H and O–H groups in total. The highest BCUT2D eigenvalue weighted by Gasteiger charge is 2.26. The van der Waals surface area contributed by atoms with E-state index < -0.39 is 6.04 Å². The number of likely N-dealkylation sites (N-methyl/N-ethyl adjacent to an activating group) is 1. The smallest absolute Gasteiger partial charge is 0.237 e. The number of hydrogen-bond donors (Lipinski definition) is 2. The summed E-state index contributed by atoms with van der Waals surface area (Å²) in [5, 5.41) is 3.04. The largest absolute Gasteiger partial charge is 0.353 e. The second-order valence-electron chi connectivity index (χ2n) is 6.44. The Morgan fingerprint density at radius 3 is 2.14 bits per heavy atom. The summed E-state index contributed by atoms with van der Waals surface area (Å²) in [6.07, 6.45) is 6.59. The molecule has 0 spiro atoms. The Bertz CT molecular complexity index is 282. The fourth-order valence-electron chi connectivity index (χ4n) is 2.92. The van der Waals surface area contributed by atoms with Crippen molar-refractivity contribution in [2.45, 2.75) is 58.0 Å². The first-order valence-corrected chi connectivity index (χ1v) is 7.63. The molecule has 6 heteroatoms. The third kappa shape index (κ3) is 7.68. The van der Waals surface area contributed by atoms with E-state index >= 15 is 0 Å². The molecule has 0 saturated heterocycles. The molecule has 0 aromatic rings. The van der Waals surface area contributed by atoms with E-state index in [9.17, 15) is 4.79 Å². The Labute approximate surface area is 142 Å². The highest BCUT2D eigenvalue weighted by atomic mass is 35.5. The Balaban J connectivity index is 0. The van der Waals surface area contributed by atoms with Gasteiger partial charge in [-0.25, -0.2) is 0 Å². The van der Waals surface area contributed by atoms with Crippen molar-refractivity contribution in [1.29, 1.82) is 0 Å². The average molecular weight is 342 g/mol. The van der Waals surface area contributed by atoms with Crippen molar-refractivity contribution >= 4 is 30.7 Å². The Morgan fingerprint density at radius 2 is 1.71 bits per heavy atom. The van der Waals surface area contributed by atoms with Gasteiger partial charge in [-0.3, -0.25) is 4.79 Å². The van der Waals surface area contributed by atoms with Crippen LogP contribution >= 0.6 is 24.8 Å².